The van der Waals surface area contributed by atoms with Crippen LogP contribution >= 0.6 is 11.8 Å². The van der Waals surface area contributed by atoms with Gasteiger partial charge in [-0.1, -0.05) is 35.5 Å². The first-order valence-corrected chi connectivity index (χ1v) is 9.63. The van der Waals surface area contributed by atoms with Crippen molar-refractivity contribution >= 4 is 23.4 Å². The molecule has 0 bridgehead atoms. The molecular formula is C21H21N3O3S. The van der Waals surface area contributed by atoms with Gasteiger partial charge in [-0.3, -0.25) is 9.59 Å². The zero-order chi connectivity index (χ0) is 20.1. The van der Waals surface area contributed by atoms with Gasteiger partial charge in [0.1, 0.15) is 10.8 Å². The molecule has 144 valence electrons. The summed E-state index contributed by atoms with van der Waals surface area (Å²) < 4.78 is 6.51. The van der Waals surface area contributed by atoms with Crippen molar-refractivity contribution in [3.8, 4) is 11.4 Å². The molecule has 0 aliphatic heterocycles. The Morgan fingerprint density at radius 3 is 2.61 bits per heavy atom. The van der Waals surface area contributed by atoms with Crippen molar-refractivity contribution in [2.45, 2.75) is 24.1 Å². The Kier molecular flexibility index (Phi) is 6.16. The maximum atomic E-state index is 12.5. The minimum atomic E-state index is -0.400. The van der Waals surface area contributed by atoms with Gasteiger partial charge in [-0.25, -0.2) is 0 Å². The Bertz CT molecular complexity index is 1030. The molecule has 0 fully saturated rings. The largest absolute Gasteiger partial charge is 0.497 e. The number of aromatic nitrogens is 2. The third-order valence-electron chi connectivity index (χ3n) is 4.06. The fourth-order valence-electron chi connectivity index (χ4n) is 2.51. The summed E-state index contributed by atoms with van der Waals surface area (Å²) in [5, 5.41) is 7.45. The maximum Gasteiger partial charge on any atom is 0.271 e. The van der Waals surface area contributed by atoms with Crippen molar-refractivity contribution < 1.29 is 9.53 Å². The molecule has 1 amide bonds. The van der Waals surface area contributed by atoms with E-state index in [1.165, 1.54) is 22.5 Å². The number of ether oxygens (including phenoxy) is 1. The fourth-order valence-corrected chi connectivity index (χ4v) is 3.31. The molecule has 1 N–H and O–H groups in total. The minimum Gasteiger partial charge on any atom is -0.497 e. The predicted octanol–water partition coefficient (Wildman–Crippen LogP) is 3.67. The van der Waals surface area contributed by atoms with E-state index in [1.54, 1.807) is 32.2 Å². The number of hydrogen-bond donors (Lipinski definition) is 1. The van der Waals surface area contributed by atoms with E-state index in [0.29, 0.717) is 22.2 Å². The van der Waals surface area contributed by atoms with Crippen molar-refractivity contribution in [1.29, 1.82) is 0 Å². The molecule has 0 aliphatic rings. The molecule has 28 heavy (non-hydrogen) atoms. The molecule has 1 heterocycles. The second-order valence-electron chi connectivity index (χ2n) is 6.24. The third kappa shape index (κ3) is 4.80. The summed E-state index contributed by atoms with van der Waals surface area (Å²) in [6.07, 6.45) is 0. The molecule has 0 saturated heterocycles. The van der Waals surface area contributed by atoms with E-state index in [-0.39, 0.29) is 11.5 Å². The molecule has 3 aromatic rings. The second kappa shape index (κ2) is 8.75. The minimum absolute atomic E-state index is 0.159. The summed E-state index contributed by atoms with van der Waals surface area (Å²) in [7, 11) is 1.58. The Labute approximate surface area is 167 Å². The van der Waals surface area contributed by atoms with Crippen LogP contribution in [0.25, 0.3) is 5.69 Å². The summed E-state index contributed by atoms with van der Waals surface area (Å²) in [5.41, 5.74) is 2.23. The van der Waals surface area contributed by atoms with E-state index in [1.807, 2.05) is 43.3 Å². The highest BCUT2D eigenvalue weighted by Crippen LogP contribution is 2.23. The van der Waals surface area contributed by atoms with Crippen molar-refractivity contribution in [3.05, 3.63) is 76.6 Å². The van der Waals surface area contributed by atoms with E-state index in [0.717, 1.165) is 5.56 Å². The van der Waals surface area contributed by atoms with Gasteiger partial charge in [-0.05, 0) is 44.2 Å². The Morgan fingerprint density at radius 1 is 1.14 bits per heavy atom. The highest BCUT2D eigenvalue weighted by molar-refractivity contribution is 8.00. The molecule has 0 unspecified atom stereocenters. The van der Waals surface area contributed by atoms with Gasteiger partial charge in [0, 0.05) is 17.8 Å². The number of thioether (sulfide) groups is 1. The van der Waals surface area contributed by atoms with E-state index in [2.05, 4.69) is 10.4 Å². The van der Waals surface area contributed by atoms with Crippen LogP contribution in [0.1, 0.15) is 12.5 Å². The number of nitrogens with zero attached hydrogens (tertiary/aromatic N) is 2. The number of carbonyl (C=O) groups is 1. The van der Waals surface area contributed by atoms with Crippen molar-refractivity contribution in [2.75, 3.05) is 12.4 Å². The van der Waals surface area contributed by atoms with Gasteiger partial charge < -0.3 is 10.1 Å². The molecule has 0 aliphatic carbocycles. The number of hydrogen-bond acceptors (Lipinski definition) is 5. The monoisotopic (exact) mass is 395 g/mol. The zero-order valence-electron chi connectivity index (χ0n) is 15.9. The average Bonchev–Trinajstić information content (AvgIpc) is 2.70. The number of aryl methyl sites for hydroxylation is 1. The average molecular weight is 395 g/mol. The highest BCUT2D eigenvalue weighted by Gasteiger charge is 2.16. The second-order valence-corrected chi connectivity index (χ2v) is 7.60. The lowest BCUT2D eigenvalue weighted by molar-refractivity contribution is -0.115. The van der Waals surface area contributed by atoms with Crippen LogP contribution in [-0.2, 0) is 4.79 Å². The van der Waals surface area contributed by atoms with Crippen LogP contribution in [0.15, 0.2) is 70.5 Å². The van der Waals surface area contributed by atoms with Crippen LogP contribution in [0, 0.1) is 6.92 Å². The van der Waals surface area contributed by atoms with Crippen molar-refractivity contribution in [2.24, 2.45) is 0 Å². The molecule has 0 saturated carbocycles. The molecule has 2 aromatic carbocycles. The van der Waals surface area contributed by atoms with Gasteiger partial charge in [-0.2, -0.15) is 9.78 Å². The predicted molar refractivity (Wildman–Crippen MR) is 112 cm³/mol. The number of methoxy groups -OCH3 is 1. The van der Waals surface area contributed by atoms with Crippen LogP contribution < -0.4 is 15.6 Å². The lowest BCUT2D eigenvalue weighted by Gasteiger charge is -2.13. The standard InChI is InChI=1S/C21H21N3O3S/c1-14-7-9-17(10-8-14)24-20(25)12-11-19(23-24)28-15(2)21(26)22-16-5-4-6-18(13-16)27-3/h4-13,15H,1-3H3,(H,22,26)/t15-/m1/s1. The van der Waals surface area contributed by atoms with E-state index >= 15 is 0 Å². The SMILES string of the molecule is COc1cccc(NC(=O)[C@@H](C)Sc2ccc(=O)n(-c3ccc(C)cc3)n2)c1. The normalized spacial score (nSPS) is 11.7. The van der Waals surface area contributed by atoms with E-state index in [4.69, 9.17) is 4.74 Å². The van der Waals surface area contributed by atoms with Crippen LogP contribution in [-0.4, -0.2) is 28.0 Å². The first kappa shape index (κ1) is 19.7. The number of rotatable bonds is 6. The lowest BCUT2D eigenvalue weighted by Crippen LogP contribution is -2.24. The first-order chi connectivity index (χ1) is 13.5. The topological polar surface area (TPSA) is 73.2 Å². The molecule has 1 atom stereocenters. The summed E-state index contributed by atoms with van der Waals surface area (Å²) in [4.78, 5) is 24.7. The molecule has 6 nitrogen and oxygen atoms in total. The number of anilines is 1. The molecule has 1 aromatic heterocycles. The van der Waals surface area contributed by atoms with Crippen molar-refractivity contribution in [3.63, 3.8) is 0 Å². The van der Waals surface area contributed by atoms with Crippen LogP contribution in [0.2, 0.25) is 0 Å². The van der Waals surface area contributed by atoms with Crippen molar-refractivity contribution in [1.82, 2.24) is 9.78 Å². The molecular weight excluding hydrogens is 374 g/mol. The molecule has 7 heteroatoms. The lowest BCUT2D eigenvalue weighted by atomic mass is 10.2. The molecule has 0 radical (unpaired) electrons. The first-order valence-electron chi connectivity index (χ1n) is 8.75. The Morgan fingerprint density at radius 2 is 1.89 bits per heavy atom. The Balaban J connectivity index is 1.73. The fraction of sp³-hybridized carbons (Fsp3) is 0.190. The quantitative estimate of drug-likeness (QED) is 0.645. The van der Waals surface area contributed by atoms with Gasteiger partial charge in [-0.15, -0.1) is 0 Å². The van der Waals surface area contributed by atoms with E-state index < -0.39 is 5.25 Å². The number of nitrogens with one attached hydrogen (secondary N) is 1. The van der Waals surface area contributed by atoms with Gasteiger partial charge in [0.05, 0.1) is 18.0 Å². The summed E-state index contributed by atoms with van der Waals surface area (Å²) in [6.45, 7) is 3.78. The summed E-state index contributed by atoms with van der Waals surface area (Å²) in [5.74, 6) is 0.512. The van der Waals surface area contributed by atoms with Gasteiger partial charge >= 0.3 is 0 Å². The van der Waals surface area contributed by atoms with Gasteiger partial charge in [0.2, 0.25) is 5.91 Å². The summed E-state index contributed by atoms with van der Waals surface area (Å²) >= 11 is 1.29. The van der Waals surface area contributed by atoms with Crippen LogP contribution in [0.4, 0.5) is 5.69 Å². The smallest absolute Gasteiger partial charge is 0.271 e. The Hall–Kier alpha value is -3.06. The number of amides is 1. The van der Waals surface area contributed by atoms with Crippen LogP contribution in [0.3, 0.4) is 0 Å². The number of benzene rings is 2. The van der Waals surface area contributed by atoms with Crippen LogP contribution in [0.5, 0.6) is 5.75 Å². The third-order valence-corrected chi connectivity index (χ3v) is 5.09. The van der Waals surface area contributed by atoms with E-state index in [9.17, 15) is 9.59 Å². The molecule has 0 spiro atoms. The molecule has 3 rings (SSSR count). The zero-order valence-corrected chi connectivity index (χ0v) is 16.7. The number of carbonyl (C=O) groups excluding carboxylic acids is 1. The van der Waals surface area contributed by atoms with Gasteiger partial charge in [0.15, 0.2) is 0 Å². The maximum absolute atomic E-state index is 12.5. The highest BCUT2D eigenvalue weighted by atomic mass is 32.2. The van der Waals surface area contributed by atoms with Gasteiger partial charge in [0.25, 0.3) is 5.56 Å². The summed E-state index contributed by atoms with van der Waals surface area (Å²) in [6, 6.07) is 17.8.